The molecule has 0 spiro atoms. The lowest BCUT2D eigenvalue weighted by Gasteiger charge is -2.18. The Balaban J connectivity index is 1.56. The van der Waals surface area contributed by atoms with Gasteiger partial charge in [-0.1, -0.05) is 24.3 Å². The Hall–Kier alpha value is -1.24. The van der Waals surface area contributed by atoms with Gasteiger partial charge in [0.1, 0.15) is 12.2 Å². The van der Waals surface area contributed by atoms with Crippen LogP contribution >= 0.6 is 0 Å². The molecule has 4 atom stereocenters. The van der Waals surface area contributed by atoms with Gasteiger partial charge in [0.25, 0.3) is 0 Å². The number of ether oxygens (including phenoxy) is 5. The molecule has 0 aliphatic carbocycles. The lowest BCUT2D eigenvalue weighted by atomic mass is 10.3. The Morgan fingerprint density at radius 3 is 2.23 bits per heavy atom. The normalized spacial score (nSPS) is 30.0. The van der Waals surface area contributed by atoms with E-state index in [1.807, 2.05) is 30.4 Å². The van der Waals surface area contributed by atoms with E-state index in [0.717, 1.165) is 6.42 Å². The molecule has 2 aliphatic heterocycles. The molecule has 0 saturated carbocycles. The number of hydrogen-bond acceptors (Lipinski definition) is 5. The fourth-order valence-corrected chi connectivity index (χ4v) is 2.06. The van der Waals surface area contributed by atoms with Gasteiger partial charge in [0.05, 0.1) is 26.4 Å². The molecule has 0 fully saturated rings. The fraction of sp³-hybridized carbons (Fsp3) is 0.529. The van der Waals surface area contributed by atoms with E-state index in [0.29, 0.717) is 26.4 Å². The van der Waals surface area contributed by atoms with Gasteiger partial charge >= 0.3 is 0 Å². The maximum absolute atomic E-state index is 5.67. The van der Waals surface area contributed by atoms with Gasteiger partial charge in [-0.3, -0.25) is 0 Å². The second-order valence-electron chi connectivity index (χ2n) is 4.96. The van der Waals surface area contributed by atoms with Gasteiger partial charge in [-0.25, -0.2) is 0 Å². The van der Waals surface area contributed by atoms with Crippen molar-refractivity contribution in [1.29, 1.82) is 0 Å². The third-order valence-electron chi connectivity index (χ3n) is 3.13. The summed E-state index contributed by atoms with van der Waals surface area (Å²) in [5, 5.41) is 0. The Kier molecular flexibility index (Phi) is 7.56. The van der Waals surface area contributed by atoms with Crippen molar-refractivity contribution in [3.63, 3.8) is 0 Å². The first-order valence-corrected chi connectivity index (χ1v) is 7.52. The van der Waals surface area contributed by atoms with Crippen molar-refractivity contribution in [2.24, 2.45) is 0 Å². The lowest BCUT2D eigenvalue weighted by molar-refractivity contribution is -0.168. The molecule has 2 heterocycles. The summed E-state index contributed by atoms with van der Waals surface area (Å²) in [5.74, 6) is 0. The molecule has 0 unspecified atom stereocenters. The quantitative estimate of drug-likeness (QED) is 0.433. The summed E-state index contributed by atoms with van der Waals surface area (Å²) < 4.78 is 27.8. The van der Waals surface area contributed by atoms with Crippen molar-refractivity contribution in [1.82, 2.24) is 0 Å². The highest BCUT2D eigenvalue weighted by atomic mass is 16.7. The Labute approximate surface area is 131 Å². The van der Waals surface area contributed by atoms with Crippen LogP contribution in [0.2, 0.25) is 0 Å². The van der Waals surface area contributed by atoms with Crippen LogP contribution in [0, 0.1) is 0 Å². The van der Waals surface area contributed by atoms with Crippen LogP contribution in [0.4, 0.5) is 0 Å². The molecule has 0 amide bonds. The average Bonchev–Trinajstić information content (AvgIpc) is 3.15. The maximum Gasteiger partial charge on any atom is 0.177 e. The summed E-state index contributed by atoms with van der Waals surface area (Å²) in [4.78, 5) is 0. The second kappa shape index (κ2) is 9.71. The topological polar surface area (TPSA) is 46.2 Å². The van der Waals surface area contributed by atoms with Crippen LogP contribution in [0.15, 0.2) is 49.6 Å². The van der Waals surface area contributed by atoms with Gasteiger partial charge in [-0.05, 0) is 18.6 Å². The van der Waals surface area contributed by atoms with Crippen molar-refractivity contribution < 1.29 is 23.7 Å². The Morgan fingerprint density at radius 2 is 1.55 bits per heavy atom. The molecule has 22 heavy (non-hydrogen) atoms. The zero-order chi connectivity index (χ0) is 15.6. The SMILES string of the molecule is C=CCCO[C@H]1C=C[C@@H](CO[C@H]2C=C[C@@H](COCC=C)O2)O1. The Bertz CT molecular complexity index is 366. The first-order chi connectivity index (χ1) is 10.8. The first-order valence-electron chi connectivity index (χ1n) is 7.52. The fourth-order valence-electron chi connectivity index (χ4n) is 2.06. The van der Waals surface area contributed by atoms with E-state index >= 15 is 0 Å². The average molecular weight is 308 g/mol. The summed E-state index contributed by atoms with van der Waals surface area (Å²) in [6, 6.07) is 0. The van der Waals surface area contributed by atoms with Crippen LogP contribution in [-0.2, 0) is 23.7 Å². The van der Waals surface area contributed by atoms with E-state index in [9.17, 15) is 0 Å². The van der Waals surface area contributed by atoms with Gasteiger partial charge in [0, 0.05) is 0 Å². The highest BCUT2D eigenvalue weighted by Gasteiger charge is 2.24. The van der Waals surface area contributed by atoms with Crippen LogP contribution < -0.4 is 0 Å². The molecular formula is C17H24O5. The van der Waals surface area contributed by atoms with E-state index in [2.05, 4.69) is 13.2 Å². The molecule has 0 bridgehead atoms. The summed E-state index contributed by atoms with van der Waals surface area (Å²) >= 11 is 0. The molecule has 5 nitrogen and oxygen atoms in total. The lowest BCUT2D eigenvalue weighted by Crippen LogP contribution is -2.25. The Morgan fingerprint density at radius 1 is 0.864 bits per heavy atom. The molecule has 2 rings (SSSR count). The summed E-state index contributed by atoms with van der Waals surface area (Å²) in [5.41, 5.74) is 0. The van der Waals surface area contributed by atoms with E-state index in [-0.39, 0.29) is 24.8 Å². The third-order valence-corrected chi connectivity index (χ3v) is 3.13. The molecule has 0 radical (unpaired) electrons. The molecule has 0 aromatic carbocycles. The largest absolute Gasteiger partial charge is 0.374 e. The van der Waals surface area contributed by atoms with E-state index < -0.39 is 0 Å². The van der Waals surface area contributed by atoms with E-state index in [1.165, 1.54) is 0 Å². The smallest absolute Gasteiger partial charge is 0.177 e. The maximum atomic E-state index is 5.67. The van der Waals surface area contributed by atoms with Crippen LogP contribution in [-0.4, -0.2) is 51.2 Å². The van der Waals surface area contributed by atoms with E-state index in [4.69, 9.17) is 23.7 Å². The van der Waals surface area contributed by atoms with Crippen molar-refractivity contribution in [2.75, 3.05) is 26.4 Å². The van der Waals surface area contributed by atoms with Gasteiger partial charge in [-0.15, -0.1) is 13.2 Å². The standard InChI is InChI=1S/C17H24O5/c1-3-5-11-19-16-8-7-15(22-16)13-20-17-9-6-14(21-17)12-18-10-4-2/h3-4,6-9,14-17H,1-2,5,10-13H2/t14-,15-,16+,17+/m0/s1. The molecule has 0 aromatic rings. The second-order valence-corrected chi connectivity index (χ2v) is 4.96. The molecule has 122 valence electrons. The predicted octanol–water partition coefficient (Wildman–Crippen LogP) is 2.36. The van der Waals surface area contributed by atoms with Crippen LogP contribution in [0.1, 0.15) is 6.42 Å². The van der Waals surface area contributed by atoms with Crippen LogP contribution in [0.25, 0.3) is 0 Å². The minimum atomic E-state index is -0.352. The number of hydrogen-bond donors (Lipinski definition) is 0. The van der Waals surface area contributed by atoms with Crippen molar-refractivity contribution in [3.05, 3.63) is 49.6 Å². The van der Waals surface area contributed by atoms with Gasteiger partial charge in [0.2, 0.25) is 0 Å². The third kappa shape index (κ3) is 5.87. The van der Waals surface area contributed by atoms with Gasteiger partial charge in [-0.2, -0.15) is 0 Å². The van der Waals surface area contributed by atoms with Crippen LogP contribution in [0.5, 0.6) is 0 Å². The van der Waals surface area contributed by atoms with Crippen LogP contribution in [0.3, 0.4) is 0 Å². The zero-order valence-electron chi connectivity index (χ0n) is 12.8. The van der Waals surface area contributed by atoms with E-state index in [1.54, 1.807) is 6.08 Å². The van der Waals surface area contributed by atoms with Crippen molar-refractivity contribution in [2.45, 2.75) is 31.2 Å². The monoisotopic (exact) mass is 308 g/mol. The highest BCUT2D eigenvalue weighted by Crippen LogP contribution is 2.17. The van der Waals surface area contributed by atoms with Crippen molar-refractivity contribution >= 4 is 0 Å². The molecular weight excluding hydrogens is 284 g/mol. The predicted molar refractivity (Wildman–Crippen MR) is 83.3 cm³/mol. The summed E-state index contributed by atoms with van der Waals surface area (Å²) in [6.45, 7) is 9.30. The molecule has 2 aliphatic rings. The molecule has 0 saturated heterocycles. The molecule has 5 heteroatoms. The van der Waals surface area contributed by atoms with Crippen molar-refractivity contribution in [3.8, 4) is 0 Å². The van der Waals surface area contributed by atoms with Gasteiger partial charge in [0.15, 0.2) is 12.6 Å². The molecule has 0 N–H and O–H groups in total. The highest BCUT2D eigenvalue weighted by molar-refractivity contribution is 5.01. The van der Waals surface area contributed by atoms with Gasteiger partial charge < -0.3 is 23.7 Å². The first kappa shape index (κ1) is 17.1. The zero-order valence-corrected chi connectivity index (χ0v) is 12.8. The molecule has 0 aromatic heterocycles. The number of rotatable bonds is 11. The summed E-state index contributed by atoms with van der Waals surface area (Å²) in [6.07, 6.45) is 11.2. The minimum Gasteiger partial charge on any atom is -0.374 e. The summed E-state index contributed by atoms with van der Waals surface area (Å²) in [7, 11) is 0. The minimum absolute atomic E-state index is 0.0695.